The molecule has 1 aromatic heterocycles. The highest BCUT2D eigenvalue weighted by atomic mass is 16.5. The second-order valence-corrected chi connectivity index (χ2v) is 8.26. The highest BCUT2D eigenvalue weighted by Gasteiger charge is 2.42. The first-order chi connectivity index (χ1) is 16.7. The van der Waals surface area contributed by atoms with Crippen molar-refractivity contribution in [2.75, 3.05) is 20.3 Å². The number of fused-ring (bicyclic) bond motifs is 2. The van der Waals surface area contributed by atoms with Crippen LogP contribution in [0.3, 0.4) is 0 Å². The van der Waals surface area contributed by atoms with Crippen LogP contribution in [-0.4, -0.2) is 31.1 Å². The van der Waals surface area contributed by atoms with Crippen LogP contribution in [0.2, 0.25) is 0 Å². The summed E-state index contributed by atoms with van der Waals surface area (Å²) < 4.78 is 17.0. The zero-order chi connectivity index (χ0) is 23.5. The SMILES string of the molecule is COCCCN1C(=O)c2oc3ccccc3c(=O)c2C1c1ccc(OCc2ccccc2)cc1. The van der Waals surface area contributed by atoms with Gasteiger partial charge < -0.3 is 18.8 Å². The Balaban J connectivity index is 1.49. The van der Waals surface area contributed by atoms with Crippen molar-refractivity contribution in [3.05, 3.63) is 112 Å². The molecule has 6 heteroatoms. The lowest BCUT2D eigenvalue weighted by molar-refractivity contribution is 0.0708. The molecule has 0 spiro atoms. The first-order valence-electron chi connectivity index (χ1n) is 11.3. The topological polar surface area (TPSA) is 69.0 Å². The predicted octanol–water partition coefficient (Wildman–Crippen LogP) is 4.95. The summed E-state index contributed by atoms with van der Waals surface area (Å²) in [6, 6.07) is 24.0. The molecule has 0 N–H and O–H groups in total. The molecule has 6 nitrogen and oxygen atoms in total. The van der Waals surface area contributed by atoms with Gasteiger partial charge in [0.2, 0.25) is 5.76 Å². The molecular formula is C28H25NO5. The van der Waals surface area contributed by atoms with E-state index in [0.717, 1.165) is 11.1 Å². The molecule has 0 radical (unpaired) electrons. The maximum Gasteiger partial charge on any atom is 0.290 e. The average molecular weight is 456 g/mol. The number of ether oxygens (including phenoxy) is 2. The molecule has 1 atom stereocenters. The maximum absolute atomic E-state index is 13.5. The third kappa shape index (κ3) is 4.08. The molecule has 1 amide bonds. The van der Waals surface area contributed by atoms with Gasteiger partial charge in [0, 0.05) is 20.3 Å². The molecule has 2 heterocycles. The third-order valence-electron chi connectivity index (χ3n) is 6.06. The van der Waals surface area contributed by atoms with Gasteiger partial charge in [-0.15, -0.1) is 0 Å². The molecule has 0 bridgehead atoms. The highest BCUT2D eigenvalue weighted by Crippen LogP contribution is 2.38. The predicted molar refractivity (Wildman–Crippen MR) is 129 cm³/mol. The second-order valence-electron chi connectivity index (χ2n) is 8.26. The summed E-state index contributed by atoms with van der Waals surface area (Å²) in [6.07, 6.45) is 0.651. The van der Waals surface area contributed by atoms with Gasteiger partial charge in [-0.3, -0.25) is 9.59 Å². The summed E-state index contributed by atoms with van der Waals surface area (Å²) in [5.41, 5.74) is 2.55. The van der Waals surface area contributed by atoms with E-state index in [1.807, 2.05) is 54.6 Å². The Morgan fingerprint density at radius 3 is 2.41 bits per heavy atom. The van der Waals surface area contributed by atoms with Gasteiger partial charge in [0.15, 0.2) is 5.43 Å². The van der Waals surface area contributed by atoms with Crippen molar-refractivity contribution in [2.45, 2.75) is 19.1 Å². The number of amides is 1. The van der Waals surface area contributed by atoms with E-state index in [0.29, 0.717) is 48.5 Å². The molecule has 4 aromatic rings. The Hall–Kier alpha value is -3.90. The summed E-state index contributed by atoms with van der Waals surface area (Å²) >= 11 is 0. The Bertz CT molecular complexity index is 1360. The number of nitrogens with zero attached hydrogens (tertiary/aromatic N) is 1. The van der Waals surface area contributed by atoms with Gasteiger partial charge in [0.1, 0.15) is 17.9 Å². The first-order valence-corrected chi connectivity index (χ1v) is 11.3. The quantitative estimate of drug-likeness (QED) is 0.352. The van der Waals surface area contributed by atoms with Crippen molar-refractivity contribution in [3.63, 3.8) is 0 Å². The van der Waals surface area contributed by atoms with Crippen LogP contribution in [0, 0.1) is 0 Å². The molecule has 172 valence electrons. The molecule has 1 aliphatic rings. The van der Waals surface area contributed by atoms with Crippen molar-refractivity contribution >= 4 is 16.9 Å². The Kier molecular flexibility index (Phi) is 6.14. The van der Waals surface area contributed by atoms with Crippen LogP contribution in [0.4, 0.5) is 0 Å². The van der Waals surface area contributed by atoms with E-state index in [1.54, 1.807) is 36.3 Å². The normalized spacial score (nSPS) is 15.0. The standard InChI is InChI=1S/C28H25NO5/c1-32-17-7-16-29-25(20-12-14-21(15-13-20)33-18-19-8-3-2-4-9-19)24-26(30)22-10-5-6-11-23(22)34-27(24)28(29)31/h2-6,8-15,25H,7,16-18H2,1H3. The van der Waals surface area contributed by atoms with Gasteiger partial charge in [-0.25, -0.2) is 0 Å². The molecule has 3 aromatic carbocycles. The van der Waals surface area contributed by atoms with Gasteiger partial charge in [0.25, 0.3) is 5.91 Å². The molecule has 34 heavy (non-hydrogen) atoms. The van der Waals surface area contributed by atoms with Crippen LogP contribution in [0.5, 0.6) is 5.75 Å². The van der Waals surface area contributed by atoms with E-state index in [-0.39, 0.29) is 17.1 Å². The minimum absolute atomic E-state index is 0.121. The first kappa shape index (κ1) is 21.9. The molecule has 0 fully saturated rings. The fourth-order valence-electron chi connectivity index (χ4n) is 4.41. The zero-order valence-electron chi connectivity index (χ0n) is 18.9. The number of rotatable bonds is 8. The summed E-state index contributed by atoms with van der Waals surface area (Å²) in [6.45, 7) is 1.43. The maximum atomic E-state index is 13.5. The smallest absolute Gasteiger partial charge is 0.290 e. The number of methoxy groups -OCH3 is 1. The van der Waals surface area contributed by atoms with Crippen LogP contribution in [-0.2, 0) is 11.3 Å². The number of hydrogen-bond acceptors (Lipinski definition) is 5. The molecule has 0 saturated heterocycles. The molecule has 1 unspecified atom stereocenters. The van der Waals surface area contributed by atoms with E-state index >= 15 is 0 Å². The lowest BCUT2D eigenvalue weighted by Gasteiger charge is -2.25. The summed E-state index contributed by atoms with van der Waals surface area (Å²) in [7, 11) is 1.63. The van der Waals surface area contributed by atoms with Crippen LogP contribution >= 0.6 is 0 Å². The van der Waals surface area contributed by atoms with E-state index in [1.165, 1.54) is 0 Å². The molecule has 5 rings (SSSR count). The van der Waals surface area contributed by atoms with E-state index in [4.69, 9.17) is 13.9 Å². The molecule has 0 saturated carbocycles. The van der Waals surface area contributed by atoms with Crippen molar-refractivity contribution in [2.24, 2.45) is 0 Å². The van der Waals surface area contributed by atoms with Crippen LogP contribution in [0.25, 0.3) is 11.0 Å². The molecule has 0 aliphatic carbocycles. The Labute approximate surface area is 197 Å². The largest absolute Gasteiger partial charge is 0.489 e. The van der Waals surface area contributed by atoms with Gasteiger partial charge >= 0.3 is 0 Å². The number of para-hydroxylation sites is 1. The lowest BCUT2D eigenvalue weighted by atomic mass is 9.98. The summed E-state index contributed by atoms with van der Waals surface area (Å²) in [4.78, 5) is 28.5. The second kappa shape index (κ2) is 9.53. The number of benzene rings is 3. The monoisotopic (exact) mass is 455 g/mol. The van der Waals surface area contributed by atoms with E-state index in [9.17, 15) is 9.59 Å². The Morgan fingerprint density at radius 1 is 0.912 bits per heavy atom. The molecular weight excluding hydrogens is 430 g/mol. The minimum atomic E-state index is -0.525. The number of hydrogen-bond donors (Lipinski definition) is 0. The van der Waals surface area contributed by atoms with Crippen LogP contribution in [0.15, 0.2) is 88.1 Å². The Morgan fingerprint density at radius 2 is 1.65 bits per heavy atom. The van der Waals surface area contributed by atoms with Gasteiger partial charge in [-0.05, 0) is 41.8 Å². The van der Waals surface area contributed by atoms with Gasteiger partial charge in [0.05, 0.1) is 17.0 Å². The number of carbonyl (C=O) groups excluding carboxylic acids is 1. The number of carbonyl (C=O) groups is 1. The highest BCUT2D eigenvalue weighted by molar-refractivity contribution is 5.99. The van der Waals surface area contributed by atoms with Crippen molar-refractivity contribution in [1.29, 1.82) is 0 Å². The fourth-order valence-corrected chi connectivity index (χ4v) is 4.41. The molecule has 1 aliphatic heterocycles. The zero-order valence-corrected chi connectivity index (χ0v) is 18.9. The summed E-state index contributed by atoms with van der Waals surface area (Å²) in [5.74, 6) is 0.563. The van der Waals surface area contributed by atoms with E-state index < -0.39 is 6.04 Å². The minimum Gasteiger partial charge on any atom is -0.489 e. The van der Waals surface area contributed by atoms with Gasteiger partial charge in [-0.1, -0.05) is 54.6 Å². The summed E-state index contributed by atoms with van der Waals surface area (Å²) in [5, 5.41) is 0.473. The lowest BCUT2D eigenvalue weighted by Crippen LogP contribution is -2.31. The van der Waals surface area contributed by atoms with Crippen molar-refractivity contribution < 1.29 is 18.7 Å². The van der Waals surface area contributed by atoms with E-state index in [2.05, 4.69) is 0 Å². The van der Waals surface area contributed by atoms with Gasteiger partial charge in [-0.2, -0.15) is 0 Å². The van der Waals surface area contributed by atoms with Crippen LogP contribution < -0.4 is 10.2 Å². The van der Waals surface area contributed by atoms with Crippen molar-refractivity contribution in [1.82, 2.24) is 4.90 Å². The van der Waals surface area contributed by atoms with Crippen molar-refractivity contribution in [3.8, 4) is 5.75 Å². The average Bonchev–Trinajstić information content (AvgIpc) is 3.16. The third-order valence-corrected chi connectivity index (χ3v) is 6.06. The van der Waals surface area contributed by atoms with Crippen LogP contribution in [0.1, 0.15) is 39.7 Å². The fraction of sp³-hybridized carbons (Fsp3) is 0.214.